The van der Waals surface area contributed by atoms with E-state index in [0.717, 1.165) is 44.2 Å². The van der Waals surface area contributed by atoms with Gasteiger partial charge in [-0.15, -0.1) is 13.2 Å². The molecule has 0 bridgehead atoms. The van der Waals surface area contributed by atoms with Crippen molar-refractivity contribution in [3.8, 4) is 57.0 Å². The maximum Gasteiger partial charge on any atom is 0.240 e. The van der Waals surface area contributed by atoms with Gasteiger partial charge in [-0.2, -0.15) is 0 Å². The number of rotatable bonds is 30. The lowest BCUT2D eigenvalue weighted by molar-refractivity contribution is -0.145. The van der Waals surface area contributed by atoms with Gasteiger partial charge in [-0.3, -0.25) is 38.2 Å². The molecule has 6 fully saturated rings. The summed E-state index contributed by atoms with van der Waals surface area (Å²) >= 11 is 12.8. The Bertz CT molecular complexity index is 5050. The smallest absolute Gasteiger partial charge is 0.240 e. The number of likely N-dealkylation sites (tertiary alicyclic amines) is 2. The van der Waals surface area contributed by atoms with Crippen molar-refractivity contribution < 1.29 is 74.0 Å². The highest BCUT2D eigenvalue weighted by molar-refractivity contribution is 7.91. The minimum Gasteiger partial charge on any atom is -0.496 e. The molecule has 2 aliphatic heterocycles. The maximum absolute atomic E-state index is 15.1. The van der Waals surface area contributed by atoms with Crippen molar-refractivity contribution in [3.05, 3.63) is 192 Å². The van der Waals surface area contributed by atoms with Crippen LogP contribution in [0.25, 0.3) is 43.8 Å². The van der Waals surface area contributed by atoms with Gasteiger partial charge >= 0.3 is 0 Å². The van der Waals surface area contributed by atoms with Gasteiger partial charge in [0.25, 0.3) is 0 Å². The summed E-state index contributed by atoms with van der Waals surface area (Å²) in [6.07, 6.45) is 8.00. The maximum atomic E-state index is 15.1. The monoisotopic (exact) mass is 1690 g/mol. The predicted octanol–water partition coefficient (Wildman–Crippen LogP) is 16.4. The summed E-state index contributed by atoms with van der Waals surface area (Å²) in [5, 5.41) is 2.42. The van der Waals surface area contributed by atoms with Crippen molar-refractivity contribution >= 4 is 100.0 Å². The molecule has 4 amide bonds. The van der Waals surface area contributed by atoms with E-state index in [1.807, 2.05) is 151 Å². The number of ketones is 2. The predicted molar refractivity (Wildman–Crippen MR) is 460 cm³/mol. The first-order chi connectivity index (χ1) is 55.2. The number of allylic oxidation sites excluding steroid dienone is 2. The van der Waals surface area contributed by atoms with Crippen LogP contribution in [0.5, 0.6) is 34.8 Å². The van der Waals surface area contributed by atoms with E-state index in [9.17, 15) is 36.0 Å². The van der Waals surface area contributed by atoms with Crippen molar-refractivity contribution in [2.24, 2.45) is 45.3 Å². The molecular formula is C92H108Cl2N6O16S2. The Morgan fingerprint density at radius 2 is 0.864 bits per heavy atom. The second kappa shape index (κ2) is 35.6. The number of methoxy groups -OCH3 is 4. The minimum atomic E-state index is -3.85. The number of carbonyl (C=O) groups excluding carboxylic acids is 6. The Kier molecular flexibility index (Phi) is 26.8. The molecular weight excluding hydrogens is 1580 g/mol. The van der Waals surface area contributed by atoms with Crippen LogP contribution in [0.1, 0.15) is 132 Å². The average molecular weight is 1690 g/mol. The molecule has 8 aromatic rings. The number of fused-ring (bicyclic) bond motifs is 2. The topological polar surface area (TPSA) is 282 Å². The SMILES string of the molecule is C.C.C=C[C@@H]1C[C@]1(CC(=O)[C@@H]1C[C@@H](Oc2ncc(OC)c3ccc(Cl)cc23)CN1C(=O)C(Cc1ccc(-c2ccccc2)c(OC)c1)C(C)(C)C)C(=O)NS(=O)(=O)C1CC1.C=C[C@@H]1C[C@]1(CC(=O)[C@@H]1C[C@@H](Oc2ncc(OC)c3ccc(Cl)cc23)CN1C(=O)C(Cc1ccc(-c2ccccc2)c(OC)c1)C(C)(C)C)C(=O)NS(=O)(=O)C1CC1. The number of ether oxygens (including phenoxy) is 6. The molecule has 22 nitrogen and oxygen atoms in total. The molecule has 2 saturated heterocycles. The van der Waals surface area contributed by atoms with E-state index in [0.29, 0.717) is 82.3 Å². The van der Waals surface area contributed by atoms with E-state index < -0.39 is 100 Å². The van der Waals surface area contributed by atoms with E-state index >= 15 is 9.59 Å². The second-order valence-electron chi connectivity index (χ2n) is 33.7. The summed E-state index contributed by atoms with van der Waals surface area (Å²) in [5.41, 5.74) is 2.02. The first-order valence-electron chi connectivity index (χ1n) is 39.2. The molecule has 6 aliphatic rings. The van der Waals surface area contributed by atoms with Gasteiger partial charge in [0.15, 0.2) is 11.6 Å². The van der Waals surface area contributed by atoms with Gasteiger partial charge in [0, 0.05) is 80.2 Å². The molecule has 26 heteroatoms. The highest BCUT2D eigenvalue weighted by atomic mass is 35.5. The molecule has 2 N–H and O–H groups in total. The van der Waals surface area contributed by atoms with E-state index in [2.05, 4.69) is 32.6 Å². The molecule has 0 spiro atoms. The highest BCUT2D eigenvalue weighted by Gasteiger charge is 2.63. The third-order valence-corrected chi connectivity index (χ3v) is 27.9. The summed E-state index contributed by atoms with van der Waals surface area (Å²) in [6, 6.07) is 40.4. The lowest BCUT2D eigenvalue weighted by Crippen LogP contribution is -2.48. The van der Waals surface area contributed by atoms with Crippen molar-refractivity contribution in [1.29, 1.82) is 0 Å². The molecule has 14 rings (SSSR count). The van der Waals surface area contributed by atoms with E-state index in [-0.39, 0.29) is 113 Å². The number of hydrogen-bond donors (Lipinski definition) is 2. The third-order valence-electron chi connectivity index (χ3n) is 23.8. The van der Waals surface area contributed by atoms with Crippen molar-refractivity contribution in [3.63, 3.8) is 0 Å². The summed E-state index contributed by atoms with van der Waals surface area (Å²) in [4.78, 5) is 99.0. The number of nitrogens with zero attached hydrogens (tertiary/aromatic N) is 4. The quantitative estimate of drug-likeness (QED) is 0.0396. The number of aromatic nitrogens is 2. The van der Waals surface area contributed by atoms with Crippen LogP contribution in [0.4, 0.5) is 0 Å². The molecule has 6 aromatic carbocycles. The number of amides is 4. The third kappa shape index (κ3) is 19.0. The van der Waals surface area contributed by atoms with Crippen LogP contribution in [0, 0.1) is 45.3 Å². The second-order valence-corrected chi connectivity index (χ2v) is 38.5. The Morgan fingerprint density at radius 1 is 0.508 bits per heavy atom. The number of Topliss-reactive ketones (excluding diaryl/α,β-unsaturated/α-hetero) is 2. The van der Waals surface area contributed by atoms with Gasteiger partial charge in [0.1, 0.15) is 35.2 Å². The molecule has 4 aliphatic carbocycles. The summed E-state index contributed by atoms with van der Waals surface area (Å²) in [7, 11) is -1.37. The Labute approximate surface area is 703 Å². The lowest BCUT2D eigenvalue weighted by Gasteiger charge is -2.35. The van der Waals surface area contributed by atoms with Crippen LogP contribution in [-0.4, -0.2) is 148 Å². The zero-order valence-electron chi connectivity index (χ0n) is 67.0. The number of nitrogens with one attached hydrogen (secondary N) is 2. The molecule has 10 atom stereocenters. The molecule has 2 aromatic heterocycles. The average Bonchev–Trinajstić information content (AvgIpc) is 1.57. The molecule has 118 heavy (non-hydrogen) atoms. The first kappa shape index (κ1) is 88.9. The summed E-state index contributed by atoms with van der Waals surface area (Å²) < 4.78 is 91.7. The fraction of sp³-hybridized carbons (Fsp3) is 0.435. The van der Waals surface area contributed by atoms with Crippen LogP contribution in [0.3, 0.4) is 0 Å². The van der Waals surface area contributed by atoms with Crippen LogP contribution in [0.2, 0.25) is 10.0 Å². The Balaban J connectivity index is 0.000000228. The van der Waals surface area contributed by atoms with Gasteiger partial charge in [-0.25, -0.2) is 26.8 Å². The number of carbonyl (C=O) groups is 6. The number of sulfonamides is 2. The summed E-state index contributed by atoms with van der Waals surface area (Å²) in [6.45, 7) is 19.9. The number of halogens is 2. The fourth-order valence-corrected chi connectivity index (χ4v) is 19.6. The fourth-order valence-electron chi connectivity index (χ4n) is 16.5. The zero-order chi connectivity index (χ0) is 83.1. The lowest BCUT2D eigenvalue weighted by atomic mass is 9.76. The van der Waals surface area contributed by atoms with Crippen molar-refractivity contribution in [2.75, 3.05) is 41.5 Å². The van der Waals surface area contributed by atoms with Gasteiger partial charge in [0.05, 0.1) is 87.3 Å². The standard InChI is InChI=1S/2C45H50ClN3O8S.2CH4/c2*1-7-29-23-45(29,43(52)48-58(53,54)32-15-16-32)24-38(50)37-22-31(57-41-35-21-30(46)14-18-34(35)40(56-6)25-47-41)26-49(37)42(51)36(44(2,3)4)19-27-13-17-33(39(20-27)55-5)28-11-9-8-10-12-28;;/h2*7-14,17-18,20-21,25,29,31-32,36-37H,1,15-16,19,22-24,26H2,2-6H3,(H,48,52);2*1H4/t2*29-,31-,36?,37+,45-;;/m11../s1. The van der Waals surface area contributed by atoms with E-state index in [1.54, 1.807) is 87.1 Å². The number of benzene rings is 6. The van der Waals surface area contributed by atoms with Crippen LogP contribution in [0.15, 0.2) is 171 Å². The van der Waals surface area contributed by atoms with Crippen LogP contribution < -0.4 is 37.9 Å². The van der Waals surface area contributed by atoms with Crippen molar-refractivity contribution in [1.82, 2.24) is 29.2 Å². The van der Waals surface area contributed by atoms with Crippen LogP contribution in [-0.2, 0) is 61.7 Å². The van der Waals surface area contributed by atoms with E-state index in [4.69, 9.17) is 51.6 Å². The largest absolute Gasteiger partial charge is 0.496 e. The first-order valence-corrected chi connectivity index (χ1v) is 43.1. The van der Waals surface area contributed by atoms with Gasteiger partial charge in [0.2, 0.25) is 55.4 Å². The molecule has 2 unspecified atom stereocenters. The molecule has 4 heterocycles. The molecule has 628 valence electrons. The van der Waals surface area contributed by atoms with Crippen molar-refractivity contribution in [2.45, 2.75) is 168 Å². The zero-order valence-corrected chi connectivity index (χ0v) is 70.1. The van der Waals surface area contributed by atoms with Crippen LogP contribution >= 0.6 is 23.2 Å². The van der Waals surface area contributed by atoms with Gasteiger partial charge in [-0.05, 0) is 145 Å². The summed E-state index contributed by atoms with van der Waals surface area (Å²) in [5.74, 6) is -1.51. The Morgan fingerprint density at radius 3 is 1.18 bits per heavy atom. The number of pyridine rings is 2. The Hall–Kier alpha value is -9.88. The van der Waals surface area contributed by atoms with E-state index in [1.165, 1.54) is 0 Å². The number of hydrogen-bond acceptors (Lipinski definition) is 18. The van der Waals surface area contributed by atoms with Gasteiger partial charge < -0.3 is 38.2 Å². The molecule has 0 radical (unpaired) electrons. The minimum absolute atomic E-state index is 0. The highest BCUT2D eigenvalue weighted by Crippen LogP contribution is 2.59. The van der Waals surface area contributed by atoms with Gasteiger partial charge in [-0.1, -0.05) is 177 Å². The molecule has 4 saturated carbocycles. The normalized spacial score (nSPS) is 21.9.